The Morgan fingerprint density at radius 2 is 1.79 bits per heavy atom. The number of nitrogens with one attached hydrogen (secondary N) is 1. The van der Waals surface area contributed by atoms with Crippen molar-refractivity contribution in [1.82, 2.24) is 0 Å². The van der Waals surface area contributed by atoms with Crippen molar-refractivity contribution in [2.24, 2.45) is 0 Å². The minimum Gasteiger partial charge on any atom is -0.507 e. The van der Waals surface area contributed by atoms with E-state index in [-0.39, 0.29) is 11.7 Å². The Balaban J connectivity index is 2.17. The van der Waals surface area contributed by atoms with Crippen LogP contribution in [-0.4, -0.2) is 25.2 Å². The normalized spacial score (nSPS) is 14.5. The number of carbonyl (C=O) groups is 1. The zero-order valence-electron chi connectivity index (χ0n) is 13.4. The fourth-order valence-corrected chi connectivity index (χ4v) is 3.28. The molecule has 0 aromatic heterocycles. The number of benzene rings is 2. The third kappa shape index (κ3) is 2.73. The van der Waals surface area contributed by atoms with Crippen molar-refractivity contribution in [2.75, 3.05) is 19.5 Å². The van der Waals surface area contributed by atoms with Crippen LogP contribution in [0.25, 0.3) is 11.6 Å². The van der Waals surface area contributed by atoms with Gasteiger partial charge in [0.05, 0.1) is 19.9 Å². The van der Waals surface area contributed by atoms with Crippen molar-refractivity contribution in [2.45, 2.75) is 6.92 Å². The highest BCUT2D eigenvalue weighted by atomic mass is 79.9. The molecule has 6 heteroatoms. The number of fused-ring (bicyclic) bond motifs is 1. The lowest BCUT2D eigenvalue weighted by Crippen LogP contribution is -2.03. The van der Waals surface area contributed by atoms with Crippen molar-refractivity contribution >= 4 is 39.2 Å². The van der Waals surface area contributed by atoms with Crippen molar-refractivity contribution in [1.29, 1.82) is 0 Å². The molecule has 0 radical (unpaired) electrons. The molecule has 0 atom stereocenters. The zero-order chi connectivity index (χ0) is 17.4. The molecule has 2 aromatic rings. The molecule has 24 heavy (non-hydrogen) atoms. The highest BCUT2D eigenvalue weighted by molar-refractivity contribution is 9.10. The summed E-state index contributed by atoms with van der Waals surface area (Å²) in [5, 5.41) is 13.1. The van der Waals surface area contributed by atoms with Crippen LogP contribution in [0.5, 0.6) is 17.2 Å². The van der Waals surface area contributed by atoms with Crippen LogP contribution in [-0.2, 0) is 4.79 Å². The second-order valence-corrected chi connectivity index (χ2v) is 6.34. The van der Waals surface area contributed by atoms with Crippen molar-refractivity contribution in [3.63, 3.8) is 0 Å². The van der Waals surface area contributed by atoms with E-state index in [0.29, 0.717) is 33.9 Å². The molecule has 5 nitrogen and oxygen atoms in total. The largest absolute Gasteiger partial charge is 0.507 e. The summed E-state index contributed by atoms with van der Waals surface area (Å²) < 4.78 is 11.4. The summed E-state index contributed by atoms with van der Waals surface area (Å²) in [6, 6.07) is 7.05. The molecule has 0 spiro atoms. The van der Waals surface area contributed by atoms with Gasteiger partial charge in [-0.05, 0) is 36.8 Å². The number of phenolic OH excluding ortho intramolecular Hbond substituents is 1. The van der Waals surface area contributed by atoms with Gasteiger partial charge in [-0.3, -0.25) is 4.79 Å². The van der Waals surface area contributed by atoms with Gasteiger partial charge in [0.25, 0.3) is 5.91 Å². The first-order chi connectivity index (χ1) is 11.4. The van der Waals surface area contributed by atoms with Crippen LogP contribution < -0.4 is 14.8 Å². The van der Waals surface area contributed by atoms with E-state index in [1.54, 1.807) is 45.4 Å². The van der Waals surface area contributed by atoms with Crippen LogP contribution in [0.1, 0.15) is 16.7 Å². The molecule has 2 aromatic carbocycles. The molecule has 124 valence electrons. The Bertz CT molecular complexity index is 874. The van der Waals surface area contributed by atoms with E-state index in [2.05, 4.69) is 21.2 Å². The maximum Gasteiger partial charge on any atom is 0.256 e. The predicted molar refractivity (Wildman–Crippen MR) is 96.6 cm³/mol. The Kier molecular flexibility index (Phi) is 4.24. The molecule has 0 fully saturated rings. The average molecular weight is 390 g/mol. The number of methoxy groups -OCH3 is 2. The molecule has 0 aliphatic carbocycles. The predicted octanol–water partition coefficient (Wildman–Crippen LogP) is 3.97. The fraction of sp³-hybridized carbons (Fsp3) is 0.167. The monoisotopic (exact) mass is 389 g/mol. The minimum atomic E-state index is -0.239. The third-order valence-electron chi connectivity index (χ3n) is 3.90. The second-order valence-electron chi connectivity index (χ2n) is 5.43. The van der Waals surface area contributed by atoms with Crippen molar-refractivity contribution in [3.8, 4) is 17.2 Å². The van der Waals surface area contributed by atoms with E-state index < -0.39 is 0 Å². The van der Waals surface area contributed by atoms with E-state index in [1.807, 2.05) is 6.07 Å². The number of halogens is 1. The second kappa shape index (κ2) is 6.20. The van der Waals surface area contributed by atoms with Gasteiger partial charge in [0.2, 0.25) is 0 Å². The topological polar surface area (TPSA) is 67.8 Å². The Hall–Kier alpha value is -2.47. The summed E-state index contributed by atoms with van der Waals surface area (Å²) in [6.07, 6.45) is 1.67. The van der Waals surface area contributed by atoms with E-state index in [9.17, 15) is 9.90 Å². The molecule has 0 saturated heterocycles. The molecule has 1 amide bonds. The number of amides is 1. The summed E-state index contributed by atoms with van der Waals surface area (Å²) in [5.41, 5.74) is 3.10. The van der Waals surface area contributed by atoms with E-state index in [0.717, 1.165) is 10.0 Å². The summed E-state index contributed by atoms with van der Waals surface area (Å²) >= 11 is 3.41. The molecule has 1 heterocycles. The highest BCUT2D eigenvalue weighted by Gasteiger charge is 2.27. The summed E-state index contributed by atoms with van der Waals surface area (Å²) in [6.45, 7) is 1.80. The van der Waals surface area contributed by atoms with E-state index in [1.165, 1.54) is 0 Å². The fourth-order valence-electron chi connectivity index (χ4n) is 2.69. The smallest absolute Gasteiger partial charge is 0.256 e. The van der Waals surface area contributed by atoms with Gasteiger partial charge in [0, 0.05) is 27.2 Å². The van der Waals surface area contributed by atoms with E-state index in [4.69, 9.17) is 9.47 Å². The molecule has 1 aliphatic rings. The first-order valence-corrected chi connectivity index (χ1v) is 8.02. The number of ether oxygens (including phenoxy) is 2. The molecular formula is C18H16BrNO4. The van der Waals surface area contributed by atoms with Crippen LogP contribution in [0.2, 0.25) is 0 Å². The minimum absolute atomic E-state index is 0.146. The number of aryl methyl sites for hydroxylation is 1. The van der Waals surface area contributed by atoms with Gasteiger partial charge in [-0.15, -0.1) is 0 Å². The standard InChI is InChI=1S/C18H16BrNO4/c1-9-4-11(19)5-10(17(9)21)6-13-12-7-15(23-2)16(24-3)8-14(12)20-18(13)22/h4-8,21H,1-3H3,(H,20,22)/b13-6+. The average Bonchev–Trinajstić information content (AvgIpc) is 2.85. The number of phenols is 1. The Morgan fingerprint density at radius 1 is 1.12 bits per heavy atom. The van der Waals surface area contributed by atoms with Gasteiger partial charge in [0.15, 0.2) is 11.5 Å². The van der Waals surface area contributed by atoms with Gasteiger partial charge in [-0.25, -0.2) is 0 Å². The van der Waals surface area contributed by atoms with Gasteiger partial charge >= 0.3 is 0 Å². The maximum absolute atomic E-state index is 12.4. The van der Waals surface area contributed by atoms with E-state index >= 15 is 0 Å². The van der Waals surface area contributed by atoms with Crippen molar-refractivity contribution in [3.05, 3.63) is 45.4 Å². The maximum atomic E-state index is 12.4. The zero-order valence-corrected chi connectivity index (χ0v) is 15.0. The summed E-state index contributed by atoms with van der Waals surface area (Å²) in [7, 11) is 3.08. The summed E-state index contributed by atoms with van der Waals surface area (Å²) in [4.78, 5) is 12.4. The van der Waals surface area contributed by atoms with Crippen molar-refractivity contribution < 1.29 is 19.4 Å². The number of hydrogen-bond donors (Lipinski definition) is 2. The van der Waals surface area contributed by atoms with Crippen LogP contribution in [0.4, 0.5) is 5.69 Å². The molecule has 1 aliphatic heterocycles. The molecule has 0 unspecified atom stereocenters. The Labute approximate surface area is 148 Å². The number of hydrogen-bond acceptors (Lipinski definition) is 4. The van der Waals surface area contributed by atoms with Gasteiger partial charge in [0.1, 0.15) is 5.75 Å². The Morgan fingerprint density at radius 3 is 2.46 bits per heavy atom. The lowest BCUT2D eigenvalue weighted by molar-refractivity contribution is -0.110. The molecule has 2 N–H and O–H groups in total. The number of carbonyl (C=O) groups excluding carboxylic acids is 1. The molecule has 0 bridgehead atoms. The van der Waals surface area contributed by atoms with Gasteiger partial charge in [-0.1, -0.05) is 15.9 Å². The lowest BCUT2D eigenvalue weighted by atomic mass is 10.0. The first kappa shape index (κ1) is 16.4. The number of aromatic hydroxyl groups is 1. The number of rotatable bonds is 3. The van der Waals surface area contributed by atoms with Gasteiger partial charge in [-0.2, -0.15) is 0 Å². The van der Waals surface area contributed by atoms with Crippen LogP contribution in [0.3, 0.4) is 0 Å². The lowest BCUT2D eigenvalue weighted by Gasteiger charge is -2.10. The molecule has 0 saturated carbocycles. The number of anilines is 1. The summed E-state index contributed by atoms with van der Waals surface area (Å²) in [5.74, 6) is 0.983. The van der Waals surface area contributed by atoms with Crippen LogP contribution in [0.15, 0.2) is 28.7 Å². The molecular weight excluding hydrogens is 374 g/mol. The van der Waals surface area contributed by atoms with Gasteiger partial charge < -0.3 is 19.9 Å². The first-order valence-electron chi connectivity index (χ1n) is 7.23. The quantitative estimate of drug-likeness (QED) is 0.779. The SMILES string of the molecule is COc1cc2c(cc1OC)/C(=C\c1cc(Br)cc(C)c1O)C(=O)N2. The van der Waals surface area contributed by atoms with Crippen LogP contribution in [0, 0.1) is 6.92 Å². The van der Waals surface area contributed by atoms with Crippen LogP contribution >= 0.6 is 15.9 Å². The highest BCUT2D eigenvalue weighted by Crippen LogP contribution is 2.42. The molecule has 3 rings (SSSR count). The third-order valence-corrected chi connectivity index (χ3v) is 4.36.